The number of aliphatic hydroxyl groups excluding tert-OH is 1. The summed E-state index contributed by atoms with van der Waals surface area (Å²) in [7, 11) is 0. The van der Waals surface area contributed by atoms with E-state index in [-0.39, 0.29) is 12.0 Å². The number of aliphatic hydroxyl groups is 1. The Morgan fingerprint density at radius 3 is 2.96 bits per heavy atom. The fraction of sp³-hybridized carbons (Fsp3) is 0.500. The molecule has 3 heterocycles. The molecule has 1 saturated heterocycles. The Kier molecular flexibility index (Phi) is 5.33. The van der Waals surface area contributed by atoms with Gasteiger partial charge in [0.2, 0.25) is 0 Å². The summed E-state index contributed by atoms with van der Waals surface area (Å²) in [6.07, 6.45) is 3.94. The number of likely N-dealkylation sites (tertiary alicyclic amines) is 1. The molecule has 134 valence electrons. The van der Waals surface area contributed by atoms with Gasteiger partial charge in [-0.25, -0.2) is 0 Å². The van der Waals surface area contributed by atoms with E-state index in [2.05, 4.69) is 10.1 Å². The number of rotatable bonds is 4. The Morgan fingerprint density at radius 1 is 1.44 bits per heavy atom. The summed E-state index contributed by atoms with van der Waals surface area (Å²) in [6.45, 7) is 4.67. The van der Waals surface area contributed by atoms with Crippen molar-refractivity contribution in [2.24, 2.45) is 0 Å². The number of aromatic nitrogens is 2. The van der Waals surface area contributed by atoms with Gasteiger partial charge >= 0.3 is 0 Å². The van der Waals surface area contributed by atoms with Gasteiger partial charge < -0.3 is 19.3 Å². The zero-order chi connectivity index (χ0) is 17.8. The molecule has 0 aliphatic carbocycles. The van der Waals surface area contributed by atoms with Crippen LogP contribution < -0.4 is 4.74 Å². The Hall–Kier alpha value is -2.41. The third kappa shape index (κ3) is 3.82. The second-order valence-corrected chi connectivity index (χ2v) is 6.20. The molecule has 1 fully saturated rings. The van der Waals surface area contributed by atoms with Crippen LogP contribution in [-0.4, -0.2) is 51.4 Å². The van der Waals surface area contributed by atoms with Crippen LogP contribution in [0.15, 0.2) is 29.0 Å². The van der Waals surface area contributed by atoms with Crippen LogP contribution >= 0.6 is 0 Å². The summed E-state index contributed by atoms with van der Waals surface area (Å²) in [5.74, 6) is 1.06. The Morgan fingerprint density at radius 2 is 2.24 bits per heavy atom. The van der Waals surface area contributed by atoms with E-state index >= 15 is 0 Å². The van der Waals surface area contributed by atoms with Crippen molar-refractivity contribution in [3.05, 3.63) is 41.5 Å². The molecule has 3 rings (SSSR count). The molecule has 2 aromatic heterocycles. The smallest absolute Gasteiger partial charge is 0.259 e. The first kappa shape index (κ1) is 17.4. The number of carbonyl (C=O) groups is 1. The predicted molar refractivity (Wildman–Crippen MR) is 90.4 cm³/mol. The lowest BCUT2D eigenvalue weighted by atomic mass is 10.1. The molecule has 1 amide bonds. The SMILES string of the molecule is CCc1noc(C)c1C(=O)N1CC[C@H](Oc2cccnc2)[C@@H](O)CC1. The maximum absolute atomic E-state index is 12.9. The van der Waals surface area contributed by atoms with Crippen LogP contribution in [0.4, 0.5) is 0 Å². The molecule has 0 aromatic carbocycles. The number of carbonyl (C=O) groups excluding carboxylic acids is 1. The molecule has 2 aromatic rings. The van der Waals surface area contributed by atoms with E-state index in [9.17, 15) is 9.90 Å². The number of hydrogen-bond acceptors (Lipinski definition) is 6. The van der Waals surface area contributed by atoms with Crippen molar-refractivity contribution in [3.63, 3.8) is 0 Å². The minimum Gasteiger partial charge on any atom is -0.486 e. The van der Waals surface area contributed by atoms with Crippen LogP contribution in [0.25, 0.3) is 0 Å². The van der Waals surface area contributed by atoms with Gasteiger partial charge in [0.1, 0.15) is 23.2 Å². The molecule has 2 atom stereocenters. The number of amides is 1. The standard InChI is InChI=1S/C18H23N3O4/c1-3-14-17(12(2)25-20-14)18(23)21-9-6-15(22)16(7-10-21)24-13-5-4-8-19-11-13/h4-5,8,11,15-16,22H,3,6-7,9-10H2,1-2H3/t15-,16-/m0/s1. The van der Waals surface area contributed by atoms with E-state index in [1.165, 1.54) is 0 Å². The topological polar surface area (TPSA) is 88.7 Å². The lowest BCUT2D eigenvalue weighted by Gasteiger charge is -2.21. The average Bonchev–Trinajstić information content (AvgIpc) is 2.91. The summed E-state index contributed by atoms with van der Waals surface area (Å²) >= 11 is 0. The second-order valence-electron chi connectivity index (χ2n) is 6.20. The Labute approximate surface area is 146 Å². The van der Waals surface area contributed by atoms with Gasteiger partial charge in [-0.05, 0) is 31.9 Å². The second kappa shape index (κ2) is 7.65. The van der Waals surface area contributed by atoms with Crippen LogP contribution in [0.1, 0.15) is 41.6 Å². The fourth-order valence-electron chi connectivity index (χ4n) is 3.08. The number of aryl methyl sites for hydroxylation is 2. The zero-order valence-electron chi connectivity index (χ0n) is 14.5. The molecular formula is C18H23N3O4. The predicted octanol–water partition coefficient (Wildman–Crippen LogP) is 1.98. The largest absolute Gasteiger partial charge is 0.486 e. The van der Waals surface area contributed by atoms with Crippen LogP contribution in [0, 0.1) is 6.92 Å². The highest BCUT2D eigenvalue weighted by atomic mass is 16.5. The van der Waals surface area contributed by atoms with E-state index in [0.29, 0.717) is 55.1 Å². The third-order valence-corrected chi connectivity index (χ3v) is 4.50. The summed E-state index contributed by atoms with van der Waals surface area (Å²) < 4.78 is 11.0. The highest BCUT2D eigenvalue weighted by molar-refractivity contribution is 5.96. The highest BCUT2D eigenvalue weighted by Gasteiger charge is 2.31. The molecule has 0 unspecified atom stereocenters. The van der Waals surface area contributed by atoms with Gasteiger partial charge in [0.25, 0.3) is 5.91 Å². The van der Waals surface area contributed by atoms with Crippen molar-refractivity contribution in [2.75, 3.05) is 13.1 Å². The minimum atomic E-state index is -0.632. The lowest BCUT2D eigenvalue weighted by molar-refractivity contribution is 0.0348. The maximum Gasteiger partial charge on any atom is 0.259 e. The quantitative estimate of drug-likeness (QED) is 0.911. The number of hydrogen-bond donors (Lipinski definition) is 1. The lowest BCUT2D eigenvalue weighted by Crippen LogP contribution is -2.33. The number of nitrogens with zero attached hydrogens (tertiary/aromatic N) is 3. The fourth-order valence-corrected chi connectivity index (χ4v) is 3.08. The maximum atomic E-state index is 12.9. The average molecular weight is 345 g/mol. The molecule has 0 bridgehead atoms. The summed E-state index contributed by atoms with van der Waals surface area (Å²) in [6, 6.07) is 3.59. The van der Waals surface area contributed by atoms with E-state index in [0.717, 1.165) is 0 Å². The van der Waals surface area contributed by atoms with Crippen LogP contribution in [0.2, 0.25) is 0 Å². The highest BCUT2D eigenvalue weighted by Crippen LogP contribution is 2.22. The molecule has 7 nitrogen and oxygen atoms in total. The third-order valence-electron chi connectivity index (χ3n) is 4.50. The summed E-state index contributed by atoms with van der Waals surface area (Å²) in [5.41, 5.74) is 1.22. The van der Waals surface area contributed by atoms with E-state index in [1.54, 1.807) is 30.3 Å². The van der Waals surface area contributed by atoms with Gasteiger partial charge in [0.15, 0.2) is 0 Å². The molecule has 0 saturated carbocycles. The number of ether oxygens (including phenoxy) is 1. The van der Waals surface area contributed by atoms with Gasteiger partial charge in [0, 0.05) is 25.7 Å². The van der Waals surface area contributed by atoms with Crippen LogP contribution in [0.3, 0.4) is 0 Å². The van der Waals surface area contributed by atoms with Crippen molar-refractivity contribution in [3.8, 4) is 5.75 Å². The molecule has 1 aliphatic rings. The molecule has 1 aliphatic heterocycles. The molecule has 25 heavy (non-hydrogen) atoms. The van der Waals surface area contributed by atoms with E-state index in [1.807, 2.05) is 13.0 Å². The van der Waals surface area contributed by atoms with E-state index in [4.69, 9.17) is 9.26 Å². The van der Waals surface area contributed by atoms with Crippen LogP contribution in [0.5, 0.6) is 5.75 Å². The molecule has 1 N–H and O–H groups in total. The molecule has 0 radical (unpaired) electrons. The van der Waals surface area contributed by atoms with Crippen molar-refractivity contribution >= 4 is 5.91 Å². The first-order chi connectivity index (χ1) is 12.1. The number of pyridine rings is 1. The Balaban J connectivity index is 1.70. The van der Waals surface area contributed by atoms with Crippen LogP contribution in [-0.2, 0) is 6.42 Å². The summed E-state index contributed by atoms with van der Waals surface area (Å²) in [4.78, 5) is 18.6. The van der Waals surface area contributed by atoms with Crippen molar-refractivity contribution in [2.45, 2.75) is 45.3 Å². The van der Waals surface area contributed by atoms with Crippen molar-refractivity contribution < 1.29 is 19.2 Å². The van der Waals surface area contributed by atoms with Crippen molar-refractivity contribution in [1.29, 1.82) is 0 Å². The van der Waals surface area contributed by atoms with Gasteiger partial charge in [-0.3, -0.25) is 9.78 Å². The molecular weight excluding hydrogens is 322 g/mol. The van der Waals surface area contributed by atoms with Gasteiger partial charge in [-0.2, -0.15) is 0 Å². The summed E-state index contributed by atoms with van der Waals surface area (Å²) in [5, 5.41) is 14.3. The molecule has 7 heteroatoms. The first-order valence-electron chi connectivity index (χ1n) is 8.59. The van der Waals surface area contributed by atoms with Crippen molar-refractivity contribution in [1.82, 2.24) is 15.0 Å². The normalized spacial score (nSPS) is 21.0. The van der Waals surface area contributed by atoms with E-state index < -0.39 is 6.10 Å². The zero-order valence-corrected chi connectivity index (χ0v) is 14.5. The van der Waals surface area contributed by atoms with Gasteiger partial charge in [-0.1, -0.05) is 12.1 Å². The minimum absolute atomic E-state index is 0.0928. The molecule has 0 spiro atoms. The van der Waals surface area contributed by atoms with Gasteiger partial charge in [0.05, 0.1) is 18.0 Å². The first-order valence-corrected chi connectivity index (χ1v) is 8.59. The van der Waals surface area contributed by atoms with Gasteiger partial charge in [-0.15, -0.1) is 0 Å². The monoisotopic (exact) mass is 345 g/mol. The Bertz CT molecular complexity index is 716.